The van der Waals surface area contributed by atoms with Crippen LogP contribution in [0.15, 0.2) is 12.2 Å². The van der Waals surface area contributed by atoms with E-state index in [4.69, 9.17) is 4.74 Å². The van der Waals surface area contributed by atoms with Crippen LogP contribution in [0.5, 0.6) is 0 Å². The summed E-state index contributed by atoms with van der Waals surface area (Å²) in [4.78, 5) is 0. The van der Waals surface area contributed by atoms with Crippen molar-refractivity contribution in [2.24, 2.45) is 0 Å². The van der Waals surface area contributed by atoms with Gasteiger partial charge in [0.05, 0.1) is 0 Å². The summed E-state index contributed by atoms with van der Waals surface area (Å²) < 4.78 is 5.88. The first-order chi connectivity index (χ1) is 6.27. The molecule has 1 aliphatic rings. The summed E-state index contributed by atoms with van der Waals surface area (Å²) in [7, 11) is 1.20. The van der Waals surface area contributed by atoms with Crippen molar-refractivity contribution in [1.29, 1.82) is 0 Å². The molecule has 0 aromatic carbocycles. The second-order valence-corrected chi connectivity index (χ2v) is 6.04. The van der Waals surface area contributed by atoms with Gasteiger partial charge in [0.15, 0.2) is 0 Å². The van der Waals surface area contributed by atoms with Gasteiger partial charge in [0.1, 0.15) is 0 Å². The normalized spacial score (nSPS) is 29.9. The second kappa shape index (κ2) is 5.61. The summed E-state index contributed by atoms with van der Waals surface area (Å²) in [6.45, 7) is 3.10. The standard InChI is InChI=1S/C11H22OSi/c1-2-3-4-5-8-11(13)9-6-7-10-12-11/h2-3H,4-10H2,1,13H3. The van der Waals surface area contributed by atoms with Gasteiger partial charge in [-0.25, -0.2) is 0 Å². The minimum absolute atomic E-state index is 0.333. The molecule has 0 N–H and O–H groups in total. The van der Waals surface area contributed by atoms with Crippen molar-refractivity contribution in [1.82, 2.24) is 0 Å². The SMILES string of the molecule is CC=CCCCC1([SiH3])CCCCO1. The molecular weight excluding hydrogens is 176 g/mol. The van der Waals surface area contributed by atoms with Gasteiger partial charge in [-0.3, -0.25) is 0 Å². The van der Waals surface area contributed by atoms with Crippen molar-refractivity contribution in [3.05, 3.63) is 12.2 Å². The average Bonchev–Trinajstić information content (AvgIpc) is 2.14. The van der Waals surface area contributed by atoms with Crippen LogP contribution in [0.4, 0.5) is 0 Å². The predicted octanol–water partition coefficient (Wildman–Crippen LogP) is 1.99. The van der Waals surface area contributed by atoms with Crippen molar-refractivity contribution in [2.75, 3.05) is 6.61 Å². The fourth-order valence-electron chi connectivity index (χ4n) is 1.95. The van der Waals surface area contributed by atoms with Gasteiger partial charge in [0.2, 0.25) is 0 Å². The van der Waals surface area contributed by atoms with Gasteiger partial charge in [0, 0.05) is 22.1 Å². The summed E-state index contributed by atoms with van der Waals surface area (Å²) in [6, 6.07) is 0. The highest BCUT2D eigenvalue weighted by Gasteiger charge is 2.26. The fourth-order valence-corrected chi connectivity index (χ4v) is 2.86. The number of allylic oxidation sites excluding steroid dienone is 2. The van der Waals surface area contributed by atoms with Crippen LogP contribution in [0.3, 0.4) is 0 Å². The molecule has 13 heavy (non-hydrogen) atoms. The summed E-state index contributed by atoms with van der Waals surface area (Å²) >= 11 is 0. The van der Waals surface area contributed by atoms with E-state index in [0.717, 1.165) is 6.61 Å². The van der Waals surface area contributed by atoms with E-state index in [1.54, 1.807) is 0 Å². The second-order valence-electron chi connectivity index (χ2n) is 4.22. The van der Waals surface area contributed by atoms with Crippen LogP contribution >= 0.6 is 0 Å². The van der Waals surface area contributed by atoms with Crippen molar-refractivity contribution in [3.8, 4) is 0 Å². The number of hydrogen-bond acceptors (Lipinski definition) is 1. The Morgan fingerprint density at radius 3 is 2.92 bits per heavy atom. The quantitative estimate of drug-likeness (QED) is 0.381. The zero-order valence-electron chi connectivity index (χ0n) is 9.01. The van der Waals surface area contributed by atoms with Crippen LogP contribution in [0.1, 0.15) is 45.4 Å². The Labute approximate surface area is 85.0 Å². The molecule has 0 saturated carbocycles. The zero-order chi connectivity index (χ0) is 9.57. The molecule has 0 radical (unpaired) electrons. The molecule has 1 unspecified atom stereocenters. The maximum absolute atomic E-state index is 5.88. The molecule has 1 aliphatic heterocycles. The largest absolute Gasteiger partial charge is 0.380 e. The van der Waals surface area contributed by atoms with Gasteiger partial charge in [-0.15, -0.1) is 0 Å². The Kier molecular flexibility index (Phi) is 4.74. The third-order valence-electron chi connectivity index (χ3n) is 2.86. The molecule has 1 saturated heterocycles. The van der Waals surface area contributed by atoms with E-state index in [-0.39, 0.29) is 0 Å². The third kappa shape index (κ3) is 4.10. The Morgan fingerprint density at radius 2 is 2.31 bits per heavy atom. The molecular formula is C11H22OSi. The van der Waals surface area contributed by atoms with E-state index in [1.807, 2.05) is 0 Å². The molecule has 0 amide bonds. The number of rotatable bonds is 4. The van der Waals surface area contributed by atoms with E-state index >= 15 is 0 Å². The first kappa shape index (κ1) is 11.0. The van der Waals surface area contributed by atoms with Crippen LogP contribution in [0, 0.1) is 0 Å². The lowest BCUT2D eigenvalue weighted by Gasteiger charge is -2.34. The first-order valence-corrected chi connectivity index (χ1v) is 6.52. The maximum atomic E-state index is 5.88. The molecule has 2 heteroatoms. The molecule has 1 fully saturated rings. The average molecular weight is 198 g/mol. The van der Waals surface area contributed by atoms with Gasteiger partial charge in [0.25, 0.3) is 0 Å². The molecule has 1 heterocycles. The number of unbranched alkanes of at least 4 members (excludes halogenated alkanes) is 1. The Hall–Kier alpha value is -0.0831. The highest BCUT2D eigenvalue weighted by molar-refractivity contribution is 6.14. The summed E-state index contributed by atoms with van der Waals surface area (Å²) in [6.07, 6.45) is 12.2. The maximum Gasteiger partial charge on any atom is 0.0486 e. The van der Waals surface area contributed by atoms with Crippen molar-refractivity contribution in [3.63, 3.8) is 0 Å². The van der Waals surface area contributed by atoms with Crippen LogP contribution < -0.4 is 0 Å². The van der Waals surface area contributed by atoms with Crippen LogP contribution in [0.2, 0.25) is 0 Å². The summed E-state index contributed by atoms with van der Waals surface area (Å²) in [5.41, 5.74) is 0. The molecule has 1 atom stereocenters. The lowest BCUT2D eigenvalue weighted by atomic mass is 10.0. The minimum atomic E-state index is 0.333. The number of ether oxygens (including phenoxy) is 1. The van der Waals surface area contributed by atoms with Gasteiger partial charge in [-0.05, 0) is 45.4 Å². The van der Waals surface area contributed by atoms with Gasteiger partial charge < -0.3 is 4.74 Å². The predicted molar refractivity (Wildman–Crippen MR) is 61.1 cm³/mol. The highest BCUT2D eigenvalue weighted by Crippen LogP contribution is 2.26. The fraction of sp³-hybridized carbons (Fsp3) is 0.818. The topological polar surface area (TPSA) is 9.23 Å². The van der Waals surface area contributed by atoms with E-state index in [0.29, 0.717) is 5.22 Å². The van der Waals surface area contributed by atoms with Gasteiger partial charge >= 0.3 is 0 Å². The van der Waals surface area contributed by atoms with E-state index < -0.39 is 0 Å². The molecule has 0 aromatic rings. The molecule has 0 aliphatic carbocycles. The van der Waals surface area contributed by atoms with Crippen molar-refractivity contribution >= 4 is 10.2 Å². The Morgan fingerprint density at radius 1 is 1.46 bits per heavy atom. The lowest BCUT2D eigenvalue weighted by Crippen LogP contribution is -2.36. The summed E-state index contributed by atoms with van der Waals surface area (Å²) in [5, 5.41) is 0.333. The van der Waals surface area contributed by atoms with Crippen molar-refractivity contribution in [2.45, 2.75) is 50.7 Å². The Bertz CT molecular complexity index is 159. The van der Waals surface area contributed by atoms with Crippen LogP contribution in [-0.4, -0.2) is 22.1 Å². The van der Waals surface area contributed by atoms with Crippen LogP contribution in [0.25, 0.3) is 0 Å². The number of hydrogen-bond donors (Lipinski definition) is 0. The van der Waals surface area contributed by atoms with E-state index in [2.05, 4.69) is 19.1 Å². The molecule has 1 nitrogen and oxygen atoms in total. The third-order valence-corrected chi connectivity index (χ3v) is 4.15. The molecule has 0 spiro atoms. The smallest absolute Gasteiger partial charge is 0.0486 e. The minimum Gasteiger partial charge on any atom is -0.380 e. The first-order valence-electron chi connectivity index (χ1n) is 5.52. The lowest BCUT2D eigenvalue weighted by molar-refractivity contribution is -0.0235. The zero-order valence-corrected chi connectivity index (χ0v) is 11.0. The Balaban J connectivity index is 2.17. The van der Waals surface area contributed by atoms with Gasteiger partial charge in [-0.2, -0.15) is 0 Å². The molecule has 76 valence electrons. The van der Waals surface area contributed by atoms with E-state index in [1.165, 1.54) is 48.8 Å². The van der Waals surface area contributed by atoms with Gasteiger partial charge in [-0.1, -0.05) is 12.2 Å². The monoisotopic (exact) mass is 198 g/mol. The van der Waals surface area contributed by atoms with Crippen LogP contribution in [-0.2, 0) is 4.74 Å². The molecule has 0 aromatic heterocycles. The molecule has 1 rings (SSSR count). The van der Waals surface area contributed by atoms with Crippen molar-refractivity contribution < 1.29 is 4.74 Å². The van der Waals surface area contributed by atoms with E-state index in [9.17, 15) is 0 Å². The molecule has 0 bridgehead atoms. The highest BCUT2D eigenvalue weighted by atomic mass is 28.1. The summed E-state index contributed by atoms with van der Waals surface area (Å²) in [5.74, 6) is 0.